The summed E-state index contributed by atoms with van der Waals surface area (Å²) in [5.41, 5.74) is -0.839. The number of hydrogen-bond donors (Lipinski definition) is 0. The third kappa shape index (κ3) is 3.39. The first kappa shape index (κ1) is 14.1. The SMILES string of the molecule is O=C(OCCc1cccs1)c1cc(F)ccc1[N+](=O)[O-]. The third-order valence-electron chi connectivity index (χ3n) is 2.54. The van der Waals surface area contributed by atoms with Crippen LogP contribution in [0.4, 0.5) is 10.1 Å². The van der Waals surface area contributed by atoms with Crippen LogP contribution in [0.3, 0.4) is 0 Å². The first-order chi connectivity index (χ1) is 9.58. The van der Waals surface area contributed by atoms with E-state index in [1.165, 1.54) is 11.3 Å². The summed E-state index contributed by atoms with van der Waals surface area (Å²) >= 11 is 1.52. The van der Waals surface area contributed by atoms with E-state index in [0.717, 1.165) is 23.1 Å². The molecule has 0 N–H and O–H groups in total. The van der Waals surface area contributed by atoms with Crippen LogP contribution >= 0.6 is 11.3 Å². The lowest BCUT2D eigenvalue weighted by atomic mass is 10.2. The van der Waals surface area contributed by atoms with Crippen molar-refractivity contribution in [2.75, 3.05) is 6.61 Å². The van der Waals surface area contributed by atoms with E-state index in [4.69, 9.17) is 4.74 Å². The number of hydrogen-bond acceptors (Lipinski definition) is 5. The molecule has 0 atom stereocenters. The van der Waals surface area contributed by atoms with Gasteiger partial charge in [0, 0.05) is 17.4 Å². The fourth-order valence-electron chi connectivity index (χ4n) is 1.61. The molecule has 1 aromatic heterocycles. The Bertz CT molecular complexity index is 627. The molecule has 2 aromatic rings. The lowest BCUT2D eigenvalue weighted by Gasteiger charge is -2.04. The van der Waals surface area contributed by atoms with Crippen LogP contribution in [-0.4, -0.2) is 17.5 Å². The molecule has 0 spiro atoms. The normalized spacial score (nSPS) is 10.2. The first-order valence-electron chi connectivity index (χ1n) is 5.71. The van der Waals surface area contributed by atoms with Crippen molar-refractivity contribution in [1.29, 1.82) is 0 Å². The number of ether oxygens (including phenoxy) is 1. The van der Waals surface area contributed by atoms with Gasteiger partial charge in [-0.15, -0.1) is 11.3 Å². The zero-order valence-corrected chi connectivity index (χ0v) is 11.1. The molecule has 7 heteroatoms. The largest absolute Gasteiger partial charge is 0.462 e. The minimum Gasteiger partial charge on any atom is -0.462 e. The van der Waals surface area contributed by atoms with Gasteiger partial charge in [-0.05, 0) is 23.6 Å². The highest BCUT2D eigenvalue weighted by molar-refractivity contribution is 7.09. The molecule has 0 radical (unpaired) electrons. The number of nitro benzene ring substituents is 1. The average Bonchev–Trinajstić information content (AvgIpc) is 2.91. The number of thiophene rings is 1. The minimum absolute atomic E-state index is 0.0903. The molecule has 2 rings (SSSR count). The minimum atomic E-state index is -0.896. The van der Waals surface area contributed by atoms with E-state index < -0.39 is 22.4 Å². The van der Waals surface area contributed by atoms with E-state index in [2.05, 4.69) is 0 Å². The molecular weight excluding hydrogens is 285 g/mol. The molecule has 5 nitrogen and oxygen atoms in total. The zero-order valence-electron chi connectivity index (χ0n) is 10.2. The number of carbonyl (C=O) groups is 1. The van der Waals surface area contributed by atoms with Crippen LogP contribution in [0.5, 0.6) is 0 Å². The highest BCUT2D eigenvalue weighted by Gasteiger charge is 2.22. The van der Waals surface area contributed by atoms with E-state index in [0.29, 0.717) is 6.42 Å². The molecule has 0 bridgehead atoms. The second kappa shape index (κ2) is 6.25. The van der Waals surface area contributed by atoms with Gasteiger partial charge in [0.25, 0.3) is 5.69 Å². The number of carbonyl (C=O) groups excluding carboxylic acids is 1. The Kier molecular flexibility index (Phi) is 4.41. The fraction of sp³-hybridized carbons (Fsp3) is 0.154. The monoisotopic (exact) mass is 295 g/mol. The van der Waals surface area contributed by atoms with Crippen molar-refractivity contribution < 1.29 is 18.8 Å². The summed E-state index contributed by atoms with van der Waals surface area (Å²) in [6.07, 6.45) is 0.520. The maximum absolute atomic E-state index is 13.1. The summed E-state index contributed by atoms with van der Waals surface area (Å²) in [7, 11) is 0. The Morgan fingerprint density at radius 3 is 2.85 bits per heavy atom. The van der Waals surface area contributed by atoms with Crippen LogP contribution in [0.25, 0.3) is 0 Å². The predicted octanol–water partition coefficient (Wildman–Crippen LogP) is 3.19. The molecule has 0 aliphatic carbocycles. The Morgan fingerprint density at radius 1 is 1.40 bits per heavy atom. The lowest BCUT2D eigenvalue weighted by Crippen LogP contribution is -2.10. The average molecular weight is 295 g/mol. The highest BCUT2D eigenvalue weighted by Crippen LogP contribution is 2.20. The van der Waals surface area contributed by atoms with Crippen molar-refractivity contribution in [2.24, 2.45) is 0 Å². The number of rotatable bonds is 5. The van der Waals surface area contributed by atoms with Gasteiger partial charge < -0.3 is 4.74 Å². The molecule has 0 saturated heterocycles. The molecule has 0 amide bonds. The highest BCUT2D eigenvalue weighted by atomic mass is 32.1. The Labute approximate surface area is 117 Å². The molecule has 20 heavy (non-hydrogen) atoms. The van der Waals surface area contributed by atoms with Crippen LogP contribution in [0.15, 0.2) is 35.7 Å². The van der Waals surface area contributed by atoms with Gasteiger partial charge in [0.15, 0.2) is 0 Å². The molecule has 0 saturated carbocycles. The lowest BCUT2D eigenvalue weighted by molar-refractivity contribution is -0.385. The summed E-state index contributed by atoms with van der Waals surface area (Å²) in [6.45, 7) is 0.0903. The van der Waals surface area contributed by atoms with E-state index in [-0.39, 0.29) is 12.2 Å². The van der Waals surface area contributed by atoms with E-state index >= 15 is 0 Å². The smallest absolute Gasteiger partial charge is 0.345 e. The zero-order chi connectivity index (χ0) is 14.5. The molecule has 0 fully saturated rings. The number of esters is 1. The van der Waals surface area contributed by atoms with E-state index in [1.807, 2.05) is 17.5 Å². The standard InChI is InChI=1S/C13H10FNO4S/c14-9-3-4-12(15(17)18)11(8-9)13(16)19-6-5-10-2-1-7-20-10/h1-4,7-8H,5-6H2. The van der Waals surface area contributed by atoms with E-state index in [1.54, 1.807) is 0 Å². The molecule has 0 unspecified atom stereocenters. The molecule has 0 aliphatic heterocycles. The third-order valence-corrected chi connectivity index (χ3v) is 3.47. The van der Waals surface area contributed by atoms with Crippen molar-refractivity contribution >= 4 is 23.0 Å². The number of benzene rings is 1. The van der Waals surface area contributed by atoms with Gasteiger partial charge in [-0.1, -0.05) is 6.07 Å². The maximum Gasteiger partial charge on any atom is 0.345 e. The van der Waals surface area contributed by atoms with Crippen LogP contribution in [0.1, 0.15) is 15.2 Å². The van der Waals surface area contributed by atoms with Crippen molar-refractivity contribution in [2.45, 2.75) is 6.42 Å². The molecular formula is C13H10FNO4S. The Hall–Kier alpha value is -2.28. The quantitative estimate of drug-likeness (QED) is 0.482. The van der Waals surface area contributed by atoms with Crippen LogP contribution in [-0.2, 0) is 11.2 Å². The summed E-state index contributed by atoms with van der Waals surface area (Å²) < 4.78 is 18.0. The topological polar surface area (TPSA) is 69.4 Å². The van der Waals surface area contributed by atoms with Gasteiger partial charge in [-0.25, -0.2) is 9.18 Å². The van der Waals surface area contributed by atoms with Gasteiger partial charge >= 0.3 is 5.97 Å². The van der Waals surface area contributed by atoms with Gasteiger partial charge in [0.05, 0.1) is 11.5 Å². The summed E-state index contributed by atoms with van der Waals surface area (Å²) in [5.74, 6) is -1.62. The van der Waals surface area contributed by atoms with Gasteiger partial charge in [0.1, 0.15) is 11.4 Å². The molecule has 104 valence electrons. The molecule has 1 aromatic carbocycles. The van der Waals surface area contributed by atoms with E-state index in [9.17, 15) is 19.3 Å². The second-order valence-electron chi connectivity index (χ2n) is 3.88. The number of nitrogens with zero attached hydrogens (tertiary/aromatic N) is 1. The fourth-order valence-corrected chi connectivity index (χ4v) is 2.30. The van der Waals surface area contributed by atoms with Gasteiger partial charge in [-0.2, -0.15) is 0 Å². The summed E-state index contributed by atoms with van der Waals surface area (Å²) in [5, 5.41) is 12.7. The molecule has 0 aliphatic rings. The van der Waals surface area contributed by atoms with Crippen LogP contribution in [0.2, 0.25) is 0 Å². The van der Waals surface area contributed by atoms with Crippen LogP contribution in [0, 0.1) is 15.9 Å². The first-order valence-corrected chi connectivity index (χ1v) is 6.59. The number of halogens is 1. The summed E-state index contributed by atoms with van der Waals surface area (Å²) in [6, 6.07) is 6.46. The van der Waals surface area contributed by atoms with Gasteiger partial charge in [-0.3, -0.25) is 10.1 Å². The predicted molar refractivity (Wildman–Crippen MR) is 71.4 cm³/mol. The molecule has 1 heterocycles. The Balaban J connectivity index is 2.05. The van der Waals surface area contributed by atoms with Crippen molar-refractivity contribution in [1.82, 2.24) is 0 Å². The second-order valence-corrected chi connectivity index (χ2v) is 4.92. The van der Waals surface area contributed by atoms with Crippen LogP contribution < -0.4 is 0 Å². The van der Waals surface area contributed by atoms with Crippen molar-refractivity contribution in [3.05, 3.63) is 62.1 Å². The van der Waals surface area contributed by atoms with Gasteiger partial charge in [0.2, 0.25) is 0 Å². The Morgan fingerprint density at radius 2 is 2.20 bits per heavy atom. The number of nitro groups is 1. The summed E-state index contributed by atoms with van der Waals surface area (Å²) in [4.78, 5) is 22.8. The van der Waals surface area contributed by atoms with Crippen molar-refractivity contribution in [3.8, 4) is 0 Å². The maximum atomic E-state index is 13.1. The van der Waals surface area contributed by atoms with Crippen molar-refractivity contribution in [3.63, 3.8) is 0 Å².